The van der Waals surface area contributed by atoms with Gasteiger partial charge in [0.2, 0.25) is 0 Å². The van der Waals surface area contributed by atoms with E-state index in [9.17, 15) is 18.7 Å². The van der Waals surface area contributed by atoms with Gasteiger partial charge in [0.15, 0.2) is 23.3 Å². The van der Waals surface area contributed by atoms with Crippen LogP contribution in [0.4, 0.5) is 17.6 Å². The Bertz CT molecular complexity index is 1510. The van der Waals surface area contributed by atoms with Crippen molar-refractivity contribution in [2.45, 2.75) is 32.0 Å². The molecule has 0 spiro atoms. The van der Waals surface area contributed by atoms with Crippen molar-refractivity contribution in [1.82, 2.24) is 0 Å². The van der Waals surface area contributed by atoms with Crippen LogP contribution in [0.15, 0.2) is 72.8 Å². The predicted octanol–water partition coefficient (Wildman–Crippen LogP) is 7.70. The Morgan fingerprint density at radius 1 is 0.846 bits per heavy atom. The third kappa shape index (κ3) is 5.44. The number of esters is 1. The lowest BCUT2D eigenvalue weighted by molar-refractivity contribution is 0.0728. The van der Waals surface area contributed by atoms with Gasteiger partial charge in [-0.15, -0.1) is 0 Å². The molecule has 1 aliphatic heterocycles. The molecular weight excluding hydrogens is 512 g/mol. The lowest BCUT2D eigenvalue weighted by Gasteiger charge is -2.12. The Morgan fingerprint density at radius 3 is 1.95 bits per heavy atom. The van der Waals surface area contributed by atoms with E-state index in [1.165, 1.54) is 42.5 Å². The standard InChI is InChI=1S/C31H24F4O4/c1-2-3-25(36)19-6-4-17(5-7-19)21-12-13-22(28(33)27(21)32)18-8-10-20(11-9-18)39-31(37)24-15-14-23(26-16-38-26)29(34)30(24)35/h4-15,25-26,36H,2-3,16H2,1H3. The number of halogens is 4. The molecule has 4 nitrogen and oxygen atoms in total. The SMILES string of the molecule is CCCC(O)c1ccc(-c2ccc(-c3ccc(OC(=O)c4ccc(C5CO5)c(F)c4F)cc3)c(F)c2F)cc1. The van der Waals surface area contributed by atoms with Gasteiger partial charge in [-0.05, 0) is 41.3 Å². The van der Waals surface area contributed by atoms with Crippen molar-refractivity contribution in [3.8, 4) is 28.0 Å². The Balaban J connectivity index is 1.32. The first-order valence-corrected chi connectivity index (χ1v) is 12.5. The summed E-state index contributed by atoms with van der Waals surface area (Å²) >= 11 is 0. The van der Waals surface area contributed by atoms with Crippen LogP contribution in [0.5, 0.6) is 5.75 Å². The molecule has 200 valence electrons. The number of hydrogen-bond acceptors (Lipinski definition) is 4. The molecule has 2 atom stereocenters. The van der Waals surface area contributed by atoms with Gasteiger partial charge in [0.05, 0.1) is 18.3 Å². The first-order chi connectivity index (χ1) is 18.8. The highest BCUT2D eigenvalue weighted by atomic mass is 19.2. The van der Waals surface area contributed by atoms with E-state index >= 15 is 8.78 Å². The predicted molar refractivity (Wildman–Crippen MR) is 137 cm³/mol. The van der Waals surface area contributed by atoms with E-state index in [1.54, 1.807) is 24.3 Å². The molecule has 0 radical (unpaired) electrons. The Hall–Kier alpha value is -4.01. The van der Waals surface area contributed by atoms with Gasteiger partial charge in [-0.3, -0.25) is 0 Å². The van der Waals surface area contributed by atoms with E-state index in [4.69, 9.17) is 9.47 Å². The second kappa shape index (κ2) is 11.0. The van der Waals surface area contributed by atoms with E-state index < -0.39 is 47.0 Å². The molecule has 4 aromatic rings. The van der Waals surface area contributed by atoms with Crippen LogP contribution < -0.4 is 4.74 Å². The molecule has 5 rings (SSSR count). The highest BCUT2D eigenvalue weighted by molar-refractivity contribution is 5.91. The summed E-state index contributed by atoms with van der Waals surface area (Å²) in [5.74, 6) is -5.65. The number of aliphatic hydroxyl groups is 1. The molecule has 1 heterocycles. The molecular formula is C31H24F4O4. The summed E-state index contributed by atoms with van der Waals surface area (Å²) in [6.45, 7) is 2.25. The van der Waals surface area contributed by atoms with Crippen LogP contribution in [0.2, 0.25) is 0 Å². The topological polar surface area (TPSA) is 59.1 Å². The molecule has 1 N–H and O–H groups in total. The molecule has 0 saturated carbocycles. The lowest BCUT2D eigenvalue weighted by Crippen LogP contribution is -2.12. The van der Waals surface area contributed by atoms with Gasteiger partial charge in [0, 0.05) is 16.7 Å². The normalized spacial score (nSPS) is 15.2. The molecule has 2 unspecified atom stereocenters. The molecule has 0 aliphatic carbocycles. The second-order valence-corrected chi connectivity index (χ2v) is 9.28. The van der Waals surface area contributed by atoms with Crippen molar-refractivity contribution in [3.05, 3.63) is 113 Å². The smallest absolute Gasteiger partial charge is 0.346 e. The van der Waals surface area contributed by atoms with Gasteiger partial charge < -0.3 is 14.6 Å². The van der Waals surface area contributed by atoms with Gasteiger partial charge in [-0.25, -0.2) is 22.4 Å². The molecule has 0 amide bonds. The number of epoxide rings is 1. The molecule has 8 heteroatoms. The minimum absolute atomic E-state index is 0.00452. The highest BCUT2D eigenvalue weighted by Gasteiger charge is 2.31. The number of aliphatic hydroxyl groups excluding tert-OH is 1. The summed E-state index contributed by atoms with van der Waals surface area (Å²) in [6.07, 6.45) is 0.296. The van der Waals surface area contributed by atoms with Crippen molar-refractivity contribution < 1.29 is 36.9 Å². The second-order valence-electron chi connectivity index (χ2n) is 9.28. The average Bonchev–Trinajstić information content (AvgIpc) is 3.78. The van der Waals surface area contributed by atoms with Crippen LogP contribution in [0.3, 0.4) is 0 Å². The summed E-state index contributed by atoms with van der Waals surface area (Å²) in [7, 11) is 0. The number of hydrogen-bond donors (Lipinski definition) is 1. The van der Waals surface area contributed by atoms with Crippen molar-refractivity contribution >= 4 is 5.97 Å². The van der Waals surface area contributed by atoms with E-state index in [0.717, 1.165) is 12.5 Å². The number of carbonyl (C=O) groups excluding carboxylic acids is 1. The third-order valence-corrected chi connectivity index (χ3v) is 6.64. The fourth-order valence-electron chi connectivity index (χ4n) is 4.38. The van der Waals surface area contributed by atoms with Gasteiger partial charge in [0.25, 0.3) is 0 Å². The molecule has 4 aromatic carbocycles. The summed E-state index contributed by atoms with van der Waals surface area (Å²) in [4.78, 5) is 12.4. The number of carbonyl (C=O) groups is 1. The Labute approximate surface area is 222 Å². The monoisotopic (exact) mass is 536 g/mol. The first kappa shape index (κ1) is 26.6. The van der Waals surface area contributed by atoms with Crippen LogP contribution in [-0.2, 0) is 4.74 Å². The summed E-state index contributed by atoms with van der Waals surface area (Å²) in [5.41, 5.74) is 1.03. The zero-order valence-electron chi connectivity index (χ0n) is 20.9. The first-order valence-electron chi connectivity index (χ1n) is 12.5. The van der Waals surface area contributed by atoms with Gasteiger partial charge >= 0.3 is 5.97 Å². The summed E-state index contributed by atoms with van der Waals surface area (Å²) < 4.78 is 68.8. The average molecular weight is 537 g/mol. The van der Waals surface area contributed by atoms with Crippen LogP contribution in [0, 0.1) is 23.3 Å². The van der Waals surface area contributed by atoms with E-state index in [2.05, 4.69) is 0 Å². The Morgan fingerprint density at radius 2 is 1.41 bits per heavy atom. The van der Waals surface area contributed by atoms with E-state index in [-0.39, 0.29) is 29.0 Å². The number of benzene rings is 4. The van der Waals surface area contributed by atoms with Crippen LogP contribution in [-0.4, -0.2) is 17.7 Å². The van der Waals surface area contributed by atoms with Crippen LogP contribution in [0.1, 0.15) is 53.5 Å². The maximum Gasteiger partial charge on any atom is 0.346 e. The minimum Gasteiger partial charge on any atom is -0.423 e. The van der Waals surface area contributed by atoms with Crippen molar-refractivity contribution in [3.63, 3.8) is 0 Å². The van der Waals surface area contributed by atoms with Crippen molar-refractivity contribution in [2.24, 2.45) is 0 Å². The molecule has 1 saturated heterocycles. The number of ether oxygens (including phenoxy) is 2. The van der Waals surface area contributed by atoms with Crippen molar-refractivity contribution in [2.75, 3.05) is 6.61 Å². The fraction of sp³-hybridized carbons (Fsp3) is 0.194. The van der Waals surface area contributed by atoms with Gasteiger partial charge in [-0.1, -0.05) is 67.9 Å². The molecule has 1 aliphatic rings. The minimum atomic E-state index is -1.32. The van der Waals surface area contributed by atoms with Crippen LogP contribution in [0.25, 0.3) is 22.3 Å². The molecule has 39 heavy (non-hydrogen) atoms. The molecule has 1 fully saturated rings. The zero-order chi connectivity index (χ0) is 27.7. The maximum atomic E-state index is 15.1. The molecule has 0 bridgehead atoms. The third-order valence-electron chi connectivity index (χ3n) is 6.64. The zero-order valence-corrected chi connectivity index (χ0v) is 20.9. The van der Waals surface area contributed by atoms with E-state index in [0.29, 0.717) is 23.1 Å². The number of rotatable bonds is 8. The van der Waals surface area contributed by atoms with Gasteiger partial charge in [-0.2, -0.15) is 0 Å². The summed E-state index contributed by atoms with van der Waals surface area (Å²) in [6, 6.07) is 17.5. The van der Waals surface area contributed by atoms with Gasteiger partial charge in [0.1, 0.15) is 11.9 Å². The quantitative estimate of drug-likeness (QED) is 0.109. The maximum absolute atomic E-state index is 15.1. The highest BCUT2D eigenvalue weighted by Crippen LogP contribution is 2.35. The van der Waals surface area contributed by atoms with Crippen LogP contribution >= 0.6 is 0 Å². The largest absolute Gasteiger partial charge is 0.423 e. The summed E-state index contributed by atoms with van der Waals surface area (Å²) in [5, 5.41) is 10.1. The van der Waals surface area contributed by atoms with Crippen molar-refractivity contribution in [1.29, 1.82) is 0 Å². The molecule has 0 aromatic heterocycles. The fourth-order valence-corrected chi connectivity index (χ4v) is 4.38. The lowest BCUT2D eigenvalue weighted by atomic mass is 9.97. The Kier molecular flexibility index (Phi) is 7.50. The van der Waals surface area contributed by atoms with E-state index in [1.807, 2.05) is 6.92 Å².